The number of aryl methyl sites for hydroxylation is 2. The van der Waals surface area contributed by atoms with Gasteiger partial charge in [0, 0.05) is 23.8 Å². The molecular weight excluding hydrogens is 255 g/mol. The van der Waals surface area contributed by atoms with E-state index in [2.05, 4.69) is 15.5 Å². The molecule has 0 bridgehead atoms. The largest absolute Gasteiger partial charge is 0.393 e. The first-order chi connectivity index (χ1) is 8.89. The Morgan fingerprint density at radius 2 is 1.95 bits per heavy atom. The Morgan fingerprint density at radius 1 is 1.26 bits per heavy atom. The molecule has 0 saturated heterocycles. The highest BCUT2D eigenvalue weighted by Gasteiger charge is 2.45. The van der Waals surface area contributed by atoms with Crippen molar-refractivity contribution in [1.29, 1.82) is 0 Å². The number of nitrogens with one attached hydrogen (secondary N) is 2. The monoisotopic (exact) mass is 275 g/mol. The summed E-state index contributed by atoms with van der Waals surface area (Å²) in [5.41, 5.74) is 2.75. The average molecular weight is 275 g/mol. The number of aromatic amines is 1. The molecule has 2 atom stereocenters. The first-order valence-electron chi connectivity index (χ1n) is 6.70. The fourth-order valence-electron chi connectivity index (χ4n) is 2.83. The molecule has 0 amide bonds. The van der Waals surface area contributed by atoms with Crippen molar-refractivity contribution in [3.05, 3.63) is 17.0 Å². The second kappa shape index (κ2) is 5.53. The minimum atomic E-state index is -4.10. The summed E-state index contributed by atoms with van der Waals surface area (Å²) in [6.45, 7) is 4.20. The highest BCUT2D eigenvalue weighted by molar-refractivity contribution is 5.22. The quantitative estimate of drug-likeness (QED) is 0.889. The molecule has 0 aromatic carbocycles. The Morgan fingerprint density at radius 3 is 2.53 bits per heavy atom. The first-order valence-corrected chi connectivity index (χ1v) is 6.70. The molecule has 3 nitrogen and oxygen atoms in total. The van der Waals surface area contributed by atoms with Crippen LogP contribution < -0.4 is 5.32 Å². The van der Waals surface area contributed by atoms with Crippen molar-refractivity contribution in [2.45, 2.75) is 58.3 Å². The molecular formula is C13H20F3N3. The standard InChI is InChI=1S/C13H20F3N3/c1-8-10(9(2)19-18-8)7-17-12-6-4-3-5-11(12)13(14,15)16/h11-12,17H,3-7H2,1-2H3,(H,18,19). The molecule has 2 rings (SSSR count). The molecule has 6 heteroatoms. The Labute approximate surface area is 111 Å². The topological polar surface area (TPSA) is 40.7 Å². The van der Waals surface area contributed by atoms with E-state index in [0.717, 1.165) is 23.4 Å². The molecule has 108 valence electrons. The van der Waals surface area contributed by atoms with Crippen molar-refractivity contribution < 1.29 is 13.2 Å². The molecule has 19 heavy (non-hydrogen) atoms. The third-order valence-electron chi connectivity index (χ3n) is 4.01. The van der Waals surface area contributed by atoms with Crippen molar-refractivity contribution >= 4 is 0 Å². The molecule has 2 unspecified atom stereocenters. The van der Waals surface area contributed by atoms with E-state index in [4.69, 9.17) is 0 Å². The lowest BCUT2D eigenvalue weighted by Crippen LogP contribution is -2.45. The van der Waals surface area contributed by atoms with Gasteiger partial charge in [0.05, 0.1) is 11.6 Å². The fraction of sp³-hybridized carbons (Fsp3) is 0.769. The van der Waals surface area contributed by atoms with Gasteiger partial charge in [-0.3, -0.25) is 5.10 Å². The minimum absolute atomic E-state index is 0.241. The number of aromatic nitrogens is 2. The van der Waals surface area contributed by atoms with E-state index in [9.17, 15) is 13.2 Å². The average Bonchev–Trinajstić information content (AvgIpc) is 2.66. The highest BCUT2D eigenvalue weighted by Crippen LogP contribution is 2.37. The zero-order valence-corrected chi connectivity index (χ0v) is 11.3. The van der Waals surface area contributed by atoms with E-state index in [-0.39, 0.29) is 6.42 Å². The Hall–Kier alpha value is -1.04. The normalized spacial score (nSPS) is 24.7. The van der Waals surface area contributed by atoms with Crippen LogP contribution in [0.4, 0.5) is 13.2 Å². The zero-order chi connectivity index (χ0) is 14.0. The summed E-state index contributed by atoms with van der Waals surface area (Å²) in [5, 5.41) is 10.00. The van der Waals surface area contributed by atoms with Crippen LogP contribution in [0.15, 0.2) is 0 Å². The summed E-state index contributed by atoms with van der Waals surface area (Å²) >= 11 is 0. The Bertz CT molecular complexity index is 406. The molecule has 1 heterocycles. The molecule has 1 fully saturated rings. The second-order valence-electron chi connectivity index (χ2n) is 5.33. The summed E-state index contributed by atoms with van der Waals surface area (Å²) in [5.74, 6) is -1.21. The molecule has 1 saturated carbocycles. The maximum atomic E-state index is 13.0. The van der Waals surface area contributed by atoms with Gasteiger partial charge in [0.1, 0.15) is 0 Å². The number of hydrogen-bond donors (Lipinski definition) is 2. The van der Waals surface area contributed by atoms with Gasteiger partial charge in [-0.1, -0.05) is 12.8 Å². The van der Waals surface area contributed by atoms with Gasteiger partial charge in [-0.05, 0) is 26.7 Å². The van der Waals surface area contributed by atoms with Crippen LogP contribution in [0.1, 0.15) is 42.6 Å². The first kappa shape index (κ1) is 14.4. The summed E-state index contributed by atoms with van der Waals surface area (Å²) in [4.78, 5) is 0. The summed E-state index contributed by atoms with van der Waals surface area (Å²) in [6.07, 6.45) is -1.72. The predicted molar refractivity (Wildman–Crippen MR) is 66.7 cm³/mol. The van der Waals surface area contributed by atoms with Gasteiger partial charge >= 0.3 is 6.18 Å². The van der Waals surface area contributed by atoms with Crippen molar-refractivity contribution in [3.8, 4) is 0 Å². The van der Waals surface area contributed by atoms with Crippen molar-refractivity contribution in [1.82, 2.24) is 15.5 Å². The van der Waals surface area contributed by atoms with Crippen molar-refractivity contribution in [2.24, 2.45) is 5.92 Å². The van der Waals surface area contributed by atoms with Crippen LogP contribution in [-0.2, 0) is 6.54 Å². The number of nitrogens with zero attached hydrogens (tertiary/aromatic N) is 1. The fourth-order valence-corrected chi connectivity index (χ4v) is 2.83. The number of halogens is 3. The molecule has 1 aliphatic rings. The van der Waals surface area contributed by atoms with Gasteiger partial charge < -0.3 is 5.32 Å². The Balaban J connectivity index is 2.01. The maximum Gasteiger partial charge on any atom is 0.393 e. The lowest BCUT2D eigenvalue weighted by atomic mass is 9.84. The van der Waals surface area contributed by atoms with Crippen LogP contribution in [0.3, 0.4) is 0 Å². The van der Waals surface area contributed by atoms with E-state index in [1.807, 2.05) is 13.8 Å². The van der Waals surface area contributed by atoms with Gasteiger partial charge in [0.2, 0.25) is 0 Å². The van der Waals surface area contributed by atoms with Crippen LogP contribution >= 0.6 is 0 Å². The molecule has 0 aliphatic heterocycles. The molecule has 0 spiro atoms. The predicted octanol–water partition coefficient (Wildman–Crippen LogP) is 3.24. The van der Waals surface area contributed by atoms with Crippen LogP contribution in [0.5, 0.6) is 0 Å². The molecule has 1 aromatic rings. The van der Waals surface area contributed by atoms with E-state index in [1.54, 1.807) is 0 Å². The van der Waals surface area contributed by atoms with E-state index < -0.39 is 18.1 Å². The maximum absolute atomic E-state index is 13.0. The minimum Gasteiger partial charge on any atom is -0.309 e. The summed E-state index contributed by atoms with van der Waals surface area (Å²) in [7, 11) is 0. The number of hydrogen-bond acceptors (Lipinski definition) is 2. The summed E-state index contributed by atoms with van der Waals surface area (Å²) < 4.78 is 38.9. The molecule has 0 radical (unpaired) electrons. The second-order valence-corrected chi connectivity index (χ2v) is 5.33. The number of H-pyrrole nitrogens is 1. The van der Waals surface area contributed by atoms with Crippen LogP contribution in [0.25, 0.3) is 0 Å². The highest BCUT2D eigenvalue weighted by atomic mass is 19.4. The van der Waals surface area contributed by atoms with Gasteiger partial charge in [-0.15, -0.1) is 0 Å². The zero-order valence-electron chi connectivity index (χ0n) is 11.3. The van der Waals surface area contributed by atoms with E-state index in [0.29, 0.717) is 19.4 Å². The van der Waals surface area contributed by atoms with E-state index in [1.165, 1.54) is 0 Å². The number of alkyl halides is 3. The smallest absolute Gasteiger partial charge is 0.309 e. The van der Waals surface area contributed by atoms with Crippen LogP contribution in [0, 0.1) is 19.8 Å². The van der Waals surface area contributed by atoms with Crippen molar-refractivity contribution in [2.75, 3.05) is 0 Å². The lowest BCUT2D eigenvalue weighted by molar-refractivity contribution is -0.189. The van der Waals surface area contributed by atoms with Crippen LogP contribution in [0.2, 0.25) is 0 Å². The van der Waals surface area contributed by atoms with Gasteiger partial charge in [-0.25, -0.2) is 0 Å². The molecule has 2 N–H and O–H groups in total. The van der Waals surface area contributed by atoms with Gasteiger partial charge in [0.15, 0.2) is 0 Å². The third kappa shape index (κ3) is 3.29. The molecule has 1 aromatic heterocycles. The lowest BCUT2D eigenvalue weighted by Gasteiger charge is -2.33. The van der Waals surface area contributed by atoms with E-state index >= 15 is 0 Å². The van der Waals surface area contributed by atoms with Gasteiger partial charge in [0.25, 0.3) is 0 Å². The summed E-state index contributed by atoms with van der Waals surface area (Å²) in [6, 6.07) is -0.470. The third-order valence-corrected chi connectivity index (χ3v) is 4.01. The SMILES string of the molecule is Cc1n[nH]c(C)c1CNC1CCCCC1C(F)(F)F. The molecule has 1 aliphatic carbocycles. The van der Waals surface area contributed by atoms with Crippen molar-refractivity contribution in [3.63, 3.8) is 0 Å². The number of rotatable bonds is 3. The van der Waals surface area contributed by atoms with Gasteiger partial charge in [-0.2, -0.15) is 18.3 Å². The Kier molecular flexibility index (Phi) is 4.18. The van der Waals surface area contributed by atoms with Crippen LogP contribution in [-0.4, -0.2) is 22.4 Å².